The Morgan fingerprint density at radius 1 is 1.00 bits per heavy atom. The first-order valence-corrected chi connectivity index (χ1v) is 11.0. The van der Waals surface area contributed by atoms with Gasteiger partial charge in [-0.2, -0.15) is 0 Å². The zero-order valence-corrected chi connectivity index (χ0v) is 17.7. The highest BCUT2D eigenvalue weighted by atomic mass is 32.2. The lowest BCUT2D eigenvalue weighted by molar-refractivity contribution is -0.205. The molecule has 3 aromatic carbocycles. The number of para-hydroxylation sites is 1. The molecule has 3 aromatic rings. The van der Waals surface area contributed by atoms with Crippen molar-refractivity contribution in [3.63, 3.8) is 0 Å². The molecule has 0 radical (unpaired) electrons. The van der Waals surface area contributed by atoms with E-state index in [2.05, 4.69) is 0 Å². The minimum Gasteiger partial charge on any atom is -0.348 e. The average molecular weight is 426 g/mol. The van der Waals surface area contributed by atoms with Crippen LogP contribution in [-0.2, 0) is 20.4 Å². The average Bonchev–Trinajstić information content (AvgIpc) is 3.16. The summed E-state index contributed by atoms with van der Waals surface area (Å²) in [5.41, 5.74) is 2.68. The molecule has 1 saturated heterocycles. The molecular formula is C24H24FNO3S. The van der Waals surface area contributed by atoms with Crippen LogP contribution in [0.1, 0.15) is 17.2 Å². The summed E-state index contributed by atoms with van der Waals surface area (Å²) in [6.07, 6.45) is 0. The van der Waals surface area contributed by atoms with Crippen molar-refractivity contribution in [1.82, 2.24) is 0 Å². The minimum absolute atomic E-state index is 0.508. The van der Waals surface area contributed by atoms with Gasteiger partial charge in [0, 0.05) is 12.0 Å². The summed E-state index contributed by atoms with van der Waals surface area (Å²) in [4.78, 5) is 6.73. The van der Waals surface area contributed by atoms with E-state index in [1.54, 1.807) is 5.06 Å². The maximum atomic E-state index is 14.5. The zero-order valence-electron chi connectivity index (χ0n) is 16.9. The molecule has 1 aliphatic heterocycles. The Bertz CT molecular complexity index is 994. The standard InChI is InChI=1S/C24H24FNO3S/c1-18-13-15-21(16-14-18)30(27)23-22(19-9-5-3-6-10-19)26(20-11-7-4-8-12-20)29-24(23,17-25)28-2/h3-16,22-23H,17H2,1-2H3/t22-,23-,24+,30-/m0/s1. The second-order valence-electron chi connectivity index (χ2n) is 7.29. The van der Waals surface area contributed by atoms with Crippen LogP contribution >= 0.6 is 0 Å². The van der Waals surface area contributed by atoms with Crippen molar-refractivity contribution in [3.8, 4) is 0 Å². The van der Waals surface area contributed by atoms with Crippen LogP contribution in [-0.4, -0.2) is 29.0 Å². The molecule has 0 N–H and O–H groups in total. The maximum Gasteiger partial charge on any atom is 0.239 e. The van der Waals surface area contributed by atoms with Gasteiger partial charge in [0.25, 0.3) is 0 Å². The van der Waals surface area contributed by atoms with Gasteiger partial charge in [-0.3, -0.25) is 4.21 Å². The molecule has 0 amide bonds. The van der Waals surface area contributed by atoms with Crippen LogP contribution < -0.4 is 5.06 Å². The van der Waals surface area contributed by atoms with Crippen LogP contribution in [0.3, 0.4) is 0 Å². The number of ether oxygens (including phenoxy) is 1. The van der Waals surface area contributed by atoms with Crippen LogP contribution in [0.15, 0.2) is 89.8 Å². The Balaban J connectivity index is 1.87. The summed E-state index contributed by atoms with van der Waals surface area (Å²) < 4.78 is 33.9. The molecule has 156 valence electrons. The molecule has 0 saturated carbocycles. The predicted molar refractivity (Wildman–Crippen MR) is 116 cm³/mol. The number of anilines is 1. The van der Waals surface area contributed by atoms with Gasteiger partial charge in [0.15, 0.2) is 0 Å². The molecule has 0 aliphatic carbocycles. The van der Waals surface area contributed by atoms with E-state index in [4.69, 9.17) is 9.57 Å². The Labute approximate surface area is 178 Å². The number of rotatable bonds is 6. The lowest BCUT2D eigenvalue weighted by atomic mass is 9.99. The van der Waals surface area contributed by atoms with Gasteiger partial charge in [0.05, 0.1) is 16.5 Å². The molecule has 0 unspecified atom stereocenters. The first kappa shape index (κ1) is 20.7. The molecule has 1 fully saturated rings. The number of methoxy groups -OCH3 is 1. The van der Waals surface area contributed by atoms with Crippen LogP contribution in [0.25, 0.3) is 0 Å². The fraction of sp³-hybridized carbons (Fsp3) is 0.250. The van der Waals surface area contributed by atoms with E-state index < -0.39 is 34.6 Å². The van der Waals surface area contributed by atoms with Gasteiger partial charge in [0.2, 0.25) is 5.79 Å². The third kappa shape index (κ3) is 3.67. The Morgan fingerprint density at radius 3 is 2.17 bits per heavy atom. The normalized spacial score (nSPS) is 24.7. The summed E-state index contributed by atoms with van der Waals surface area (Å²) in [6, 6.07) is 26.0. The van der Waals surface area contributed by atoms with E-state index in [1.165, 1.54) is 7.11 Å². The number of benzene rings is 3. The molecule has 0 spiro atoms. The minimum atomic E-state index is -1.67. The summed E-state index contributed by atoms with van der Waals surface area (Å²) >= 11 is 0. The smallest absolute Gasteiger partial charge is 0.239 e. The van der Waals surface area contributed by atoms with Crippen molar-refractivity contribution < 1.29 is 18.2 Å². The van der Waals surface area contributed by atoms with Gasteiger partial charge >= 0.3 is 0 Å². The van der Waals surface area contributed by atoms with Crippen LogP contribution in [0.4, 0.5) is 10.1 Å². The highest BCUT2D eigenvalue weighted by Crippen LogP contribution is 2.47. The molecule has 30 heavy (non-hydrogen) atoms. The summed E-state index contributed by atoms with van der Waals surface area (Å²) in [7, 11) is -0.195. The van der Waals surface area contributed by atoms with Crippen molar-refractivity contribution in [1.29, 1.82) is 0 Å². The van der Waals surface area contributed by atoms with Gasteiger partial charge in [-0.1, -0.05) is 66.2 Å². The number of hydrogen-bond donors (Lipinski definition) is 0. The maximum absolute atomic E-state index is 14.5. The van der Waals surface area contributed by atoms with Crippen molar-refractivity contribution in [2.24, 2.45) is 0 Å². The number of alkyl halides is 1. The van der Waals surface area contributed by atoms with Gasteiger partial charge in [-0.15, -0.1) is 0 Å². The van der Waals surface area contributed by atoms with Crippen molar-refractivity contribution >= 4 is 16.5 Å². The van der Waals surface area contributed by atoms with Crippen LogP contribution in [0.2, 0.25) is 0 Å². The van der Waals surface area contributed by atoms with Crippen LogP contribution in [0, 0.1) is 6.92 Å². The van der Waals surface area contributed by atoms with E-state index in [-0.39, 0.29) is 0 Å². The third-order valence-electron chi connectivity index (χ3n) is 5.39. The van der Waals surface area contributed by atoms with E-state index in [9.17, 15) is 8.60 Å². The largest absolute Gasteiger partial charge is 0.348 e. The van der Waals surface area contributed by atoms with E-state index in [1.807, 2.05) is 91.9 Å². The van der Waals surface area contributed by atoms with E-state index in [0.717, 1.165) is 16.8 Å². The highest BCUT2D eigenvalue weighted by molar-refractivity contribution is 7.85. The van der Waals surface area contributed by atoms with Gasteiger partial charge < -0.3 is 4.74 Å². The molecule has 0 bridgehead atoms. The molecular weight excluding hydrogens is 401 g/mol. The molecule has 1 heterocycles. The first-order chi connectivity index (χ1) is 14.6. The molecule has 6 heteroatoms. The van der Waals surface area contributed by atoms with Crippen LogP contribution in [0.5, 0.6) is 0 Å². The monoisotopic (exact) mass is 425 g/mol. The third-order valence-corrected chi connectivity index (χ3v) is 7.21. The fourth-order valence-electron chi connectivity index (χ4n) is 3.79. The number of nitrogens with zero attached hydrogens (tertiary/aromatic N) is 1. The SMILES string of the molecule is CO[C@]1(CF)ON(c2ccccc2)[C@@H](c2ccccc2)[C@@H]1[S@@](=O)c1ccc(C)cc1. The fourth-order valence-corrected chi connectivity index (χ4v) is 5.52. The number of aryl methyl sites for hydroxylation is 1. The van der Waals surface area contributed by atoms with Crippen molar-refractivity contribution in [3.05, 3.63) is 96.1 Å². The zero-order chi connectivity index (χ0) is 21.1. The second kappa shape index (κ2) is 8.68. The number of halogens is 1. The van der Waals surface area contributed by atoms with Gasteiger partial charge in [-0.05, 0) is 36.8 Å². The van der Waals surface area contributed by atoms with Gasteiger partial charge in [-0.25, -0.2) is 14.3 Å². The molecule has 0 aromatic heterocycles. The molecule has 4 atom stereocenters. The summed E-state index contributed by atoms with van der Waals surface area (Å²) in [6.45, 7) is 1.04. The Hall–Kier alpha value is -2.54. The lowest BCUT2D eigenvalue weighted by Crippen LogP contribution is -2.47. The second-order valence-corrected chi connectivity index (χ2v) is 8.86. The first-order valence-electron chi connectivity index (χ1n) is 9.76. The highest BCUT2D eigenvalue weighted by Gasteiger charge is 2.59. The summed E-state index contributed by atoms with van der Waals surface area (Å²) in [5, 5.41) is 0.840. The van der Waals surface area contributed by atoms with E-state index in [0.29, 0.717) is 4.90 Å². The molecule has 4 nitrogen and oxygen atoms in total. The number of hydrogen-bond acceptors (Lipinski definition) is 4. The lowest BCUT2D eigenvalue weighted by Gasteiger charge is -2.29. The Morgan fingerprint density at radius 2 is 1.60 bits per heavy atom. The Kier molecular flexibility index (Phi) is 5.99. The predicted octanol–water partition coefficient (Wildman–Crippen LogP) is 4.98. The summed E-state index contributed by atoms with van der Waals surface area (Å²) in [5.74, 6) is -1.67. The van der Waals surface area contributed by atoms with Gasteiger partial charge in [0.1, 0.15) is 18.0 Å². The quantitative estimate of drug-likeness (QED) is 0.559. The van der Waals surface area contributed by atoms with E-state index >= 15 is 0 Å². The number of hydroxylamine groups is 1. The van der Waals surface area contributed by atoms with Crippen molar-refractivity contribution in [2.75, 3.05) is 18.8 Å². The van der Waals surface area contributed by atoms with Crippen molar-refractivity contribution in [2.45, 2.75) is 28.9 Å². The topological polar surface area (TPSA) is 38.8 Å². The molecule has 4 rings (SSSR count). The molecule has 1 aliphatic rings.